The molecular formula is C34H42O7. The Morgan fingerprint density at radius 2 is 1.66 bits per heavy atom. The number of aliphatic hydroxyl groups excluding tert-OH is 2. The Balaban J connectivity index is 1.79. The summed E-state index contributed by atoms with van der Waals surface area (Å²) in [7, 11) is 0. The first-order valence-corrected chi connectivity index (χ1v) is 14.7. The molecule has 1 unspecified atom stereocenters. The second-order valence-electron chi connectivity index (χ2n) is 14.0. The van der Waals surface area contributed by atoms with Crippen molar-refractivity contribution in [1.29, 1.82) is 0 Å². The van der Waals surface area contributed by atoms with E-state index in [0.29, 0.717) is 24.3 Å². The summed E-state index contributed by atoms with van der Waals surface area (Å²) >= 11 is 0. The van der Waals surface area contributed by atoms with Gasteiger partial charge in [0.1, 0.15) is 22.8 Å². The Hall–Kier alpha value is -3.19. The Kier molecular flexibility index (Phi) is 6.73. The monoisotopic (exact) mass is 562 g/mol. The smallest absolute Gasteiger partial charge is 0.203 e. The fourth-order valence-corrected chi connectivity index (χ4v) is 8.69. The van der Waals surface area contributed by atoms with Crippen LogP contribution < -0.4 is 0 Å². The minimum absolute atomic E-state index is 0.0688. The lowest BCUT2D eigenvalue weighted by atomic mass is 9.43. The molecule has 4 atom stereocenters. The van der Waals surface area contributed by atoms with Crippen LogP contribution in [0.5, 0.6) is 5.75 Å². The zero-order chi connectivity index (χ0) is 30.4. The summed E-state index contributed by atoms with van der Waals surface area (Å²) in [5, 5.41) is 47.0. The molecule has 4 aliphatic rings. The van der Waals surface area contributed by atoms with Crippen LogP contribution in [0.3, 0.4) is 0 Å². The van der Waals surface area contributed by atoms with Crippen molar-refractivity contribution in [2.45, 2.75) is 92.1 Å². The van der Waals surface area contributed by atoms with Crippen molar-refractivity contribution in [1.82, 2.24) is 0 Å². The van der Waals surface area contributed by atoms with Crippen LogP contribution in [0.4, 0.5) is 0 Å². The van der Waals surface area contributed by atoms with Gasteiger partial charge in [0.25, 0.3) is 0 Å². The van der Waals surface area contributed by atoms with Crippen molar-refractivity contribution in [3.63, 3.8) is 0 Å². The van der Waals surface area contributed by atoms with E-state index in [-0.39, 0.29) is 35.1 Å². The second-order valence-corrected chi connectivity index (χ2v) is 14.0. The highest BCUT2D eigenvalue weighted by Gasteiger charge is 2.72. The van der Waals surface area contributed by atoms with Crippen LogP contribution >= 0.6 is 0 Å². The van der Waals surface area contributed by atoms with E-state index in [9.17, 15) is 34.8 Å². The van der Waals surface area contributed by atoms with E-state index in [1.54, 1.807) is 20.8 Å². The van der Waals surface area contributed by atoms with Crippen molar-refractivity contribution in [3.05, 3.63) is 57.4 Å². The third-order valence-electron chi connectivity index (χ3n) is 10.4. The van der Waals surface area contributed by atoms with E-state index in [1.165, 1.54) is 0 Å². The Morgan fingerprint density at radius 1 is 1.05 bits per heavy atom. The summed E-state index contributed by atoms with van der Waals surface area (Å²) in [5.41, 5.74) is -3.07. The van der Waals surface area contributed by atoms with Crippen LogP contribution in [0.1, 0.15) is 95.9 Å². The van der Waals surface area contributed by atoms with E-state index in [4.69, 9.17) is 0 Å². The number of allylic oxidation sites excluding steroid dienone is 3. The number of benzene rings is 1. The maximum atomic E-state index is 14.5. The predicted molar refractivity (Wildman–Crippen MR) is 155 cm³/mol. The predicted octanol–water partition coefficient (Wildman–Crippen LogP) is 5.82. The number of aromatic hydroxyl groups is 1. The minimum atomic E-state index is -2.60. The van der Waals surface area contributed by atoms with Gasteiger partial charge < -0.3 is 20.4 Å². The van der Waals surface area contributed by atoms with Gasteiger partial charge >= 0.3 is 0 Å². The molecule has 0 aromatic heterocycles. The van der Waals surface area contributed by atoms with Gasteiger partial charge in [0.05, 0.1) is 5.56 Å². The first-order valence-electron chi connectivity index (χ1n) is 14.7. The van der Waals surface area contributed by atoms with Crippen molar-refractivity contribution in [3.8, 4) is 5.75 Å². The van der Waals surface area contributed by atoms with Crippen molar-refractivity contribution >= 4 is 23.1 Å². The molecule has 4 N–H and O–H groups in total. The van der Waals surface area contributed by atoms with Gasteiger partial charge in [-0.15, -0.1) is 0 Å². The van der Waals surface area contributed by atoms with Gasteiger partial charge in [0.2, 0.25) is 5.78 Å². The minimum Gasteiger partial charge on any atom is -0.508 e. The third-order valence-corrected chi connectivity index (χ3v) is 10.4. The molecule has 5 rings (SSSR count). The number of ketones is 3. The molecule has 0 heterocycles. The first-order chi connectivity index (χ1) is 19.0. The van der Waals surface area contributed by atoms with Crippen molar-refractivity contribution < 1.29 is 34.8 Å². The first kappa shape index (κ1) is 29.3. The number of hydrogen-bond acceptors (Lipinski definition) is 7. The topological polar surface area (TPSA) is 132 Å². The average molecular weight is 563 g/mol. The van der Waals surface area contributed by atoms with Gasteiger partial charge in [-0.1, -0.05) is 59.8 Å². The molecule has 220 valence electrons. The van der Waals surface area contributed by atoms with Crippen LogP contribution in [0.2, 0.25) is 0 Å². The number of Topliss-reactive ketones (excluding diaryl/α,β-unsaturated/α-hetero) is 3. The Labute approximate surface area is 241 Å². The van der Waals surface area contributed by atoms with E-state index in [1.807, 2.05) is 13.0 Å². The van der Waals surface area contributed by atoms with E-state index in [2.05, 4.69) is 26.0 Å². The average Bonchev–Trinajstić information content (AvgIpc) is 3.35. The molecule has 0 radical (unpaired) electrons. The SMILES string of the molecule is CC(=O)C1=C(O)[C@]2(O)C(=O)C3=C(O)c4c(O)c(CC5CC=CC5)cc(C(C)C)c4C[C@]3(C)C[C@]2(C)C(C(C)C)C1=O. The molecular weight excluding hydrogens is 520 g/mol. The van der Waals surface area contributed by atoms with E-state index in [0.717, 1.165) is 30.9 Å². The number of fused-ring (bicyclic) bond motifs is 3. The number of hydrogen-bond donors (Lipinski definition) is 4. The van der Waals surface area contributed by atoms with Crippen LogP contribution in [-0.4, -0.2) is 43.4 Å². The Morgan fingerprint density at radius 3 is 2.20 bits per heavy atom. The summed E-state index contributed by atoms with van der Waals surface area (Å²) in [6.07, 6.45) is 7.08. The molecule has 7 nitrogen and oxygen atoms in total. The van der Waals surface area contributed by atoms with Gasteiger partial charge in [0, 0.05) is 22.3 Å². The molecule has 0 spiro atoms. The number of rotatable bonds is 5. The maximum Gasteiger partial charge on any atom is 0.203 e. The molecule has 4 aliphatic carbocycles. The maximum absolute atomic E-state index is 14.5. The second kappa shape index (κ2) is 9.41. The molecule has 1 aromatic carbocycles. The summed E-state index contributed by atoms with van der Waals surface area (Å²) in [5.74, 6) is -4.52. The van der Waals surface area contributed by atoms with Gasteiger partial charge in [0.15, 0.2) is 17.2 Å². The van der Waals surface area contributed by atoms with Crippen molar-refractivity contribution in [2.24, 2.45) is 28.6 Å². The largest absolute Gasteiger partial charge is 0.508 e. The number of phenolic OH excluding ortho intramolecular Hbond substituents is 1. The number of aliphatic hydroxyl groups is 3. The van der Waals surface area contributed by atoms with Crippen molar-refractivity contribution in [2.75, 3.05) is 0 Å². The molecule has 1 fully saturated rings. The number of carbonyl (C=O) groups is 3. The van der Waals surface area contributed by atoms with Gasteiger partial charge in [-0.05, 0) is 73.5 Å². The summed E-state index contributed by atoms with van der Waals surface area (Å²) in [6, 6.07) is 2.02. The van der Waals surface area contributed by atoms with Crippen LogP contribution in [0, 0.1) is 28.6 Å². The zero-order valence-corrected chi connectivity index (χ0v) is 25.1. The highest BCUT2D eigenvalue weighted by atomic mass is 16.3. The molecule has 1 aromatic rings. The number of carbonyl (C=O) groups excluding carboxylic acids is 3. The van der Waals surface area contributed by atoms with Crippen LogP contribution in [-0.2, 0) is 27.2 Å². The molecule has 0 saturated heterocycles. The standard InChI is InChI=1S/C34H42O7/c1-16(2)21-13-20(12-19-10-8-9-11-19)27(36)24-22(21)14-32(6)15-33(7)25(17(3)4)28(37)23(18(5)35)30(39)34(33,41)31(40)26(32)29(24)38/h8-9,13,16-17,19,25,36,38-39,41H,10-12,14-15H2,1-7H3/t25?,32-,33-,34+/m1/s1. The molecule has 0 amide bonds. The van der Waals surface area contributed by atoms with E-state index < -0.39 is 56.8 Å². The van der Waals surface area contributed by atoms with Gasteiger partial charge in [-0.2, -0.15) is 0 Å². The molecule has 7 heteroatoms. The fraction of sp³-hybridized carbons (Fsp3) is 0.559. The third kappa shape index (κ3) is 3.84. The Bertz CT molecular complexity index is 1470. The van der Waals surface area contributed by atoms with E-state index >= 15 is 0 Å². The normalized spacial score (nSPS) is 31.7. The lowest BCUT2D eigenvalue weighted by Gasteiger charge is -2.60. The quantitative estimate of drug-likeness (QED) is 0.263. The lowest BCUT2D eigenvalue weighted by Crippen LogP contribution is -2.69. The van der Waals surface area contributed by atoms with Gasteiger partial charge in [-0.25, -0.2) is 0 Å². The zero-order valence-electron chi connectivity index (χ0n) is 25.1. The molecule has 41 heavy (non-hydrogen) atoms. The molecule has 1 saturated carbocycles. The summed E-state index contributed by atoms with van der Waals surface area (Å²) in [6.45, 7) is 12.3. The highest BCUT2D eigenvalue weighted by Crippen LogP contribution is 2.65. The molecule has 0 aliphatic heterocycles. The van der Waals surface area contributed by atoms with Crippen LogP contribution in [0.25, 0.3) is 5.76 Å². The number of phenols is 1. The molecule has 0 bridgehead atoms. The summed E-state index contributed by atoms with van der Waals surface area (Å²) < 4.78 is 0. The van der Waals surface area contributed by atoms with Gasteiger partial charge in [-0.3, -0.25) is 14.4 Å². The highest BCUT2D eigenvalue weighted by molar-refractivity contribution is 6.24. The fourth-order valence-electron chi connectivity index (χ4n) is 8.69. The van der Waals surface area contributed by atoms with Crippen LogP contribution in [0.15, 0.2) is 35.1 Å². The lowest BCUT2D eigenvalue weighted by molar-refractivity contribution is -0.178. The summed E-state index contributed by atoms with van der Waals surface area (Å²) in [4.78, 5) is 40.7.